The molecular formula is C20H31NO2. The lowest BCUT2D eigenvalue weighted by Gasteiger charge is -2.45. The van der Waals surface area contributed by atoms with E-state index in [9.17, 15) is 4.79 Å². The Morgan fingerprint density at radius 2 is 1.91 bits per heavy atom. The van der Waals surface area contributed by atoms with Gasteiger partial charge in [-0.2, -0.15) is 0 Å². The molecule has 0 aromatic heterocycles. The van der Waals surface area contributed by atoms with Crippen LogP contribution in [0.4, 0.5) is 0 Å². The van der Waals surface area contributed by atoms with Gasteiger partial charge in [0.05, 0.1) is 0 Å². The second-order valence-electron chi connectivity index (χ2n) is 8.45. The fourth-order valence-corrected chi connectivity index (χ4v) is 6.10. The van der Waals surface area contributed by atoms with Gasteiger partial charge in [0.25, 0.3) is 0 Å². The number of fused-ring (bicyclic) bond motifs is 4. The van der Waals surface area contributed by atoms with Gasteiger partial charge >= 0.3 is 5.97 Å². The van der Waals surface area contributed by atoms with Crippen LogP contribution in [0.25, 0.3) is 0 Å². The molecule has 23 heavy (non-hydrogen) atoms. The van der Waals surface area contributed by atoms with Gasteiger partial charge in [-0.15, -0.1) is 0 Å². The van der Waals surface area contributed by atoms with Crippen molar-refractivity contribution in [3.63, 3.8) is 0 Å². The molecule has 4 aliphatic carbocycles. The maximum absolute atomic E-state index is 11.8. The minimum absolute atomic E-state index is 0.0993. The van der Waals surface area contributed by atoms with E-state index in [4.69, 9.17) is 10.5 Å². The summed E-state index contributed by atoms with van der Waals surface area (Å²) < 4.78 is 5.62. The van der Waals surface area contributed by atoms with E-state index < -0.39 is 6.04 Å². The van der Waals surface area contributed by atoms with Gasteiger partial charge in [-0.25, -0.2) is 0 Å². The zero-order chi connectivity index (χ0) is 16.0. The zero-order valence-corrected chi connectivity index (χ0v) is 14.4. The molecule has 3 heteroatoms. The summed E-state index contributed by atoms with van der Waals surface area (Å²) in [5, 5.41) is 0. The predicted octanol–water partition coefficient (Wildman–Crippen LogP) is 3.96. The minimum atomic E-state index is -0.497. The molecule has 2 N–H and O–H groups in total. The lowest BCUT2D eigenvalue weighted by atomic mass is 9.61. The van der Waals surface area contributed by atoms with Crippen LogP contribution in [-0.2, 0) is 9.53 Å². The van der Waals surface area contributed by atoms with Crippen LogP contribution in [0.1, 0.15) is 71.1 Å². The Hall–Kier alpha value is -0.830. The van der Waals surface area contributed by atoms with Gasteiger partial charge in [-0.05, 0) is 82.0 Å². The maximum Gasteiger partial charge on any atom is 0.322 e. The van der Waals surface area contributed by atoms with Crippen LogP contribution in [0.5, 0.6) is 0 Å². The highest BCUT2D eigenvalue weighted by molar-refractivity contribution is 5.75. The van der Waals surface area contributed by atoms with Gasteiger partial charge in [-0.3, -0.25) is 4.79 Å². The third kappa shape index (κ3) is 2.86. The first-order valence-corrected chi connectivity index (χ1v) is 9.81. The van der Waals surface area contributed by atoms with Gasteiger partial charge < -0.3 is 10.5 Å². The van der Waals surface area contributed by atoms with E-state index in [0.717, 1.165) is 37.0 Å². The van der Waals surface area contributed by atoms with Crippen molar-refractivity contribution in [1.29, 1.82) is 0 Å². The largest absolute Gasteiger partial charge is 0.461 e. The Balaban J connectivity index is 1.47. The van der Waals surface area contributed by atoms with Crippen molar-refractivity contribution < 1.29 is 9.53 Å². The highest BCUT2D eigenvalue weighted by Crippen LogP contribution is 2.55. The molecule has 128 valence electrons. The van der Waals surface area contributed by atoms with Gasteiger partial charge in [0.2, 0.25) is 0 Å². The van der Waals surface area contributed by atoms with Gasteiger partial charge in [-0.1, -0.05) is 24.0 Å². The first-order chi connectivity index (χ1) is 11.1. The van der Waals surface area contributed by atoms with E-state index in [1.807, 2.05) is 5.57 Å². The number of nitrogens with two attached hydrogens (primary N) is 1. The Kier molecular flexibility index (Phi) is 4.25. The molecule has 6 unspecified atom stereocenters. The molecule has 0 heterocycles. The van der Waals surface area contributed by atoms with Crippen LogP contribution >= 0.6 is 0 Å². The topological polar surface area (TPSA) is 52.3 Å². The highest BCUT2D eigenvalue weighted by atomic mass is 16.5. The smallest absolute Gasteiger partial charge is 0.322 e. The number of carbonyl (C=O) groups is 1. The van der Waals surface area contributed by atoms with E-state index in [1.54, 1.807) is 12.5 Å². The van der Waals surface area contributed by atoms with E-state index in [0.29, 0.717) is 5.92 Å². The Labute approximate surface area is 140 Å². The fraction of sp³-hybridized carbons (Fsp3) is 0.850. The highest BCUT2D eigenvalue weighted by Gasteiger charge is 2.44. The van der Waals surface area contributed by atoms with Crippen LogP contribution in [0.15, 0.2) is 11.1 Å². The number of esters is 1. The summed E-state index contributed by atoms with van der Waals surface area (Å²) >= 11 is 0. The lowest BCUT2D eigenvalue weighted by Crippen LogP contribution is -2.38. The zero-order valence-electron chi connectivity index (χ0n) is 14.4. The van der Waals surface area contributed by atoms with Crippen LogP contribution in [0.3, 0.4) is 0 Å². The Bertz CT molecular complexity index is 510. The number of hydrogen-bond acceptors (Lipinski definition) is 3. The molecule has 0 aliphatic heterocycles. The maximum atomic E-state index is 11.8. The van der Waals surface area contributed by atoms with Crippen molar-refractivity contribution in [2.75, 3.05) is 0 Å². The molecule has 0 spiro atoms. The summed E-state index contributed by atoms with van der Waals surface area (Å²) in [6.45, 7) is 1.71. The first-order valence-electron chi connectivity index (χ1n) is 9.81. The molecule has 0 amide bonds. The predicted molar refractivity (Wildman–Crippen MR) is 90.7 cm³/mol. The SMILES string of the molecule is CC(N)C(=O)OC1CCC2=C3CCC4CCCC4C3CCC2C1. The number of hydrogen-bond donors (Lipinski definition) is 1. The molecule has 3 saturated carbocycles. The third-order valence-corrected chi connectivity index (χ3v) is 7.14. The molecular weight excluding hydrogens is 286 g/mol. The minimum Gasteiger partial charge on any atom is -0.461 e. The van der Waals surface area contributed by atoms with Gasteiger partial charge in [0.1, 0.15) is 12.1 Å². The molecule has 3 nitrogen and oxygen atoms in total. The number of allylic oxidation sites excluding steroid dienone is 2. The Morgan fingerprint density at radius 3 is 2.74 bits per heavy atom. The second-order valence-corrected chi connectivity index (χ2v) is 8.45. The lowest BCUT2D eigenvalue weighted by molar-refractivity contribution is -0.152. The molecule has 3 fully saturated rings. The van der Waals surface area contributed by atoms with Crippen molar-refractivity contribution >= 4 is 5.97 Å². The van der Waals surface area contributed by atoms with Crippen LogP contribution in [-0.4, -0.2) is 18.1 Å². The van der Waals surface area contributed by atoms with E-state index in [1.165, 1.54) is 44.9 Å². The summed E-state index contributed by atoms with van der Waals surface area (Å²) in [5.41, 5.74) is 9.26. The average molecular weight is 317 g/mol. The van der Waals surface area contributed by atoms with E-state index in [-0.39, 0.29) is 12.1 Å². The fourth-order valence-electron chi connectivity index (χ4n) is 6.10. The van der Waals surface area contributed by atoms with E-state index in [2.05, 4.69) is 0 Å². The standard InChI is InChI=1S/C20H31NO2/c1-12(21)20(22)23-15-7-10-17-14(11-15)6-9-18-16-4-2-3-13(16)5-8-19(17)18/h12-16,18H,2-11,21H2,1H3. The summed E-state index contributed by atoms with van der Waals surface area (Å²) in [6.07, 6.45) is 13.2. The number of rotatable bonds is 2. The molecule has 6 atom stereocenters. The normalized spacial score (nSPS) is 40.9. The van der Waals surface area contributed by atoms with Gasteiger partial charge in [0, 0.05) is 0 Å². The number of carbonyl (C=O) groups excluding carboxylic acids is 1. The summed E-state index contributed by atoms with van der Waals surface area (Å²) in [6, 6.07) is -0.497. The van der Waals surface area contributed by atoms with Crippen molar-refractivity contribution in [3.05, 3.63) is 11.1 Å². The van der Waals surface area contributed by atoms with Crippen molar-refractivity contribution in [3.8, 4) is 0 Å². The Morgan fingerprint density at radius 1 is 1.09 bits per heavy atom. The van der Waals surface area contributed by atoms with Crippen LogP contribution < -0.4 is 5.73 Å². The molecule has 4 rings (SSSR count). The third-order valence-electron chi connectivity index (χ3n) is 7.14. The summed E-state index contributed by atoms with van der Waals surface area (Å²) in [4.78, 5) is 11.8. The van der Waals surface area contributed by atoms with Crippen molar-refractivity contribution in [2.45, 2.75) is 83.3 Å². The van der Waals surface area contributed by atoms with Crippen molar-refractivity contribution in [2.24, 2.45) is 29.4 Å². The average Bonchev–Trinajstić information content (AvgIpc) is 3.03. The van der Waals surface area contributed by atoms with Crippen LogP contribution in [0, 0.1) is 23.7 Å². The summed E-state index contributed by atoms with van der Waals surface area (Å²) in [5.74, 6) is 3.39. The molecule has 4 aliphatic rings. The molecule has 0 aromatic carbocycles. The monoisotopic (exact) mass is 317 g/mol. The molecule has 0 aromatic rings. The molecule has 0 radical (unpaired) electrons. The number of ether oxygens (including phenoxy) is 1. The van der Waals surface area contributed by atoms with Crippen LogP contribution in [0.2, 0.25) is 0 Å². The summed E-state index contributed by atoms with van der Waals surface area (Å²) in [7, 11) is 0. The quantitative estimate of drug-likeness (QED) is 0.619. The van der Waals surface area contributed by atoms with Gasteiger partial charge in [0.15, 0.2) is 0 Å². The second kappa shape index (κ2) is 6.23. The first kappa shape index (κ1) is 15.7. The molecule has 0 saturated heterocycles. The van der Waals surface area contributed by atoms with E-state index >= 15 is 0 Å². The molecule has 0 bridgehead atoms. The van der Waals surface area contributed by atoms with Crippen molar-refractivity contribution in [1.82, 2.24) is 0 Å².